The fraction of sp³-hybridized carbons (Fsp3) is 0.0588. The number of carbonyl (C=O) groups is 1. The Morgan fingerprint density at radius 1 is 1.10 bits per heavy atom. The van der Waals surface area contributed by atoms with E-state index in [1.807, 2.05) is 36.4 Å². The van der Waals surface area contributed by atoms with Gasteiger partial charge in [-0.05, 0) is 29.8 Å². The number of primary amides is 1. The van der Waals surface area contributed by atoms with Gasteiger partial charge in [-0.2, -0.15) is 0 Å². The molecule has 4 nitrogen and oxygen atoms in total. The molecular formula is C17H15N3O. The van der Waals surface area contributed by atoms with E-state index in [1.54, 1.807) is 18.3 Å². The number of nitrogens with two attached hydrogens (primary N) is 1. The Kier molecular flexibility index (Phi) is 3.51. The van der Waals surface area contributed by atoms with E-state index in [4.69, 9.17) is 5.73 Å². The third-order valence-corrected chi connectivity index (χ3v) is 3.30. The molecule has 0 saturated heterocycles. The summed E-state index contributed by atoms with van der Waals surface area (Å²) in [6.45, 7) is 0.612. The van der Waals surface area contributed by atoms with E-state index in [0.29, 0.717) is 12.1 Å². The molecular weight excluding hydrogens is 262 g/mol. The van der Waals surface area contributed by atoms with E-state index >= 15 is 0 Å². The maximum atomic E-state index is 11.2. The molecule has 2 aromatic carbocycles. The molecule has 0 fully saturated rings. The Morgan fingerprint density at radius 3 is 2.81 bits per heavy atom. The second-order valence-electron chi connectivity index (χ2n) is 4.83. The molecule has 1 aromatic heterocycles. The molecule has 0 bridgehead atoms. The van der Waals surface area contributed by atoms with Crippen LogP contribution in [0, 0.1) is 0 Å². The number of para-hydroxylation sites is 1. The number of carbonyl (C=O) groups excluding carboxylic acids is 1. The van der Waals surface area contributed by atoms with Crippen LogP contribution in [0.5, 0.6) is 0 Å². The third kappa shape index (κ3) is 3.00. The van der Waals surface area contributed by atoms with Crippen LogP contribution in [-0.4, -0.2) is 10.9 Å². The van der Waals surface area contributed by atoms with Gasteiger partial charge in [0.2, 0.25) is 5.91 Å². The van der Waals surface area contributed by atoms with Gasteiger partial charge in [0.15, 0.2) is 0 Å². The average Bonchev–Trinajstić information content (AvgIpc) is 2.53. The Bertz CT molecular complexity index is 799. The van der Waals surface area contributed by atoms with Gasteiger partial charge >= 0.3 is 0 Å². The lowest BCUT2D eigenvalue weighted by Gasteiger charge is -2.08. The molecule has 0 unspecified atom stereocenters. The minimum Gasteiger partial charge on any atom is -0.380 e. The highest BCUT2D eigenvalue weighted by Gasteiger charge is 2.02. The Balaban J connectivity index is 1.77. The monoisotopic (exact) mass is 277 g/mol. The highest BCUT2D eigenvalue weighted by Crippen LogP contribution is 2.17. The SMILES string of the molecule is NC(=O)c1cccc(CNc2cnc3ccccc3c2)c1. The van der Waals surface area contributed by atoms with Gasteiger partial charge in [-0.15, -0.1) is 0 Å². The third-order valence-electron chi connectivity index (χ3n) is 3.30. The summed E-state index contributed by atoms with van der Waals surface area (Å²) in [5.41, 5.74) is 8.72. The van der Waals surface area contributed by atoms with E-state index in [9.17, 15) is 4.79 Å². The fourth-order valence-corrected chi connectivity index (χ4v) is 2.21. The summed E-state index contributed by atoms with van der Waals surface area (Å²) >= 11 is 0. The summed E-state index contributed by atoms with van der Waals surface area (Å²) < 4.78 is 0. The zero-order valence-electron chi connectivity index (χ0n) is 11.4. The van der Waals surface area contributed by atoms with Gasteiger partial charge in [-0.1, -0.05) is 30.3 Å². The zero-order chi connectivity index (χ0) is 14.7. The first kappa shape index (κ1) is 13.1. The van der Waals surface area contributed by atoms with Crippen molar-refractivity contribution in [2.75, 3.05) is 5.32 Å². The molecule has 0 saturated carbocycles. The molecule has 3 rings (SSSR count). The van der Waals surface area contributed by atoms with Crippen LogP contribution in [0.25, 0.3) is 10.9 Å². The average molecular weight is 277 g/mol. The summed E-state index contributed by atoms with van der Waals surface area (Å²) in [6, 6.07) is 17.3. The van der Waals surface area contributed by atoms with Crippen molar-refractivity contribution in [2.45, 2.75) is 6.54 Å². The topological polar surface area (TPSA) is 68.0 Å². The number of rotatable bonds is 4. The molecule has 0 aliphatic rings. The minimum absolute atomic E-state index is 0.413. The van der Waals surface area contributed by atoms with Crippen LogP contribution in [-0.2, 0) is 6.54 Å². The van der Waals surface area contributed by atoms with E-state index in [-0.39, 0.29) is 0 Å². The smallest absolute Gasteiger partial charge is 0.248 e. The molecule has 0 radical (unpaired) electrons. The Labute approximate surface area is 122 Å². The van der Waals surface area contributed by atoms with Crippen LogP contribution in [0.15, 0.2) is 60.8 Å². The van der Waals surface area contributed by atoms with Crippen LogP contribution in [0.2, 0.25) is 0 Å². The van der Waals surface area contributed by atoms with Crippen molar-refractivity contribution in [1.29, 1.82) is 0 Å². The fourth-order valence-electron chi connectivity index (χ4n) is 2.21. The maximum Gasteiger partial charge on any atom is 0.248 e. The van der Waals surface area contributed by atoms with Crippen molar-refractivity contribution in [3.05, 3.63) is 71.9 Å². The summed E-state index contributed by atoms with van der Waals surface area (Å²) in [7, 11) is 0. The van der Waals surface area contributed by atoms with E-state index in [0.717, 1.165) is 22.2 Å². The molecule has 21 heavy (non-hydrogen) atoms. The second-order valence-corrected chi connectivity index (χ2v) is 4.83. The Morgan fingerprint density at radius 2 is 1.95 bits per heavy atom. The van der Waals surface area contributed by atoms with Gasteiger partial charge < -0.3 is 11.1 Å². The van der Waals surface area contributed by atoms with Crippen LogP contribution >= 0.6 is 0 Å². The summed E-state index contributed by atoms with van der Waals surface area (Å²) in [4.78, 5) is 15.6. The molecule has 1 amide bonds. The highest BCUT2D eigenvalue weighted by molar-refractivity contribution is 5.92. The molecule has 0 atom stereocenters. The van der Waals surface area contributed by atoms with Crippen LogP contribution < -0.4 is 11.1 Å². The van der Waals surface area contributed by atoms with Crippen LogP contribution in [0.3, 0.4) is 0 Å². The standard InChI is InChI=1S/C17H15N3O/c18-17(21)14-6-3-4-12(8-14)10-19-15-9-13-5-1-2-7-16(13)20-11-15/h1-9,11,19H,10H2,(H2,18,21). The van der Waals surface area contributed by atoms with Gasteiger partial charge in [0.25, 0.3) is 0 Å². The summed E-state index contributed by atoms with van der Waals surface area (Å²) in [5.74, 6) is -0.413. The molecule has 3 aromatic rings. The molecule has 104 valence electrons. The number of benzene rings is 2. The van der Waals surface area contributed by atoms with Crippen molar-refractivity contribution in [3.63, 3.8) is 0 Å². The van der Waals surface area contributed by atoms with Crippen LogP contribution in [0.1, 0.15) is 15.9 Å². The number of fused-ring (bicyclic) bond motifs is 1. The lowest BCUT2D eigenvalue weighted by Crippen LogP contribution is -2.11. The van der Waals surface area contributed by atoms with Crippen molar-refractivity contribution >= 4 is 22.5 Å². The zero-order valence-corrected chi connectivity index (χ0v) is 11.4. The van der Waals surface area contributed by atoms with Crippen molar-refractivity contribution in [2.24, 2.45) is 5.73 Å². The predicted molar refractivity (Wildman–Crippen MR) is 84.0 cm³/mol. The number of anilines is 1. The Hall–Kier alpha value is -2.88. The van der Waals surface area contributed by atoms with E-state index in [1.165, 1.54) is 0 Å². The first-order valence-electron chi connectivity index (χ1n) is 6.70. The number of nitrogens with zero attached hydrogens (tertiary/aromatic N) is 1. The number of amides is 1. The largest absolute Gasteiger partial charge is 0.380 e. The predicted octanol–water partition coefficient (Wildman–Crippen LogP) is 2.95. The molecule has 3 N–H and O–H groups in total. The van der Waals surface area contributed by atoms with Gasteiger partial charge in [0.05, 0.1) is 17.4 Å². The van der Waals surface area contributed by atoms with Crippen molar-refractivity contribution in [3.8, 4) is 0 Å². The molecule has 1 heterocycles. The molecule has 0 aliphatic carbocycles. The molecule has 4 heteroatoms. The number of hydrogen-bond donors (Lipinski definition) is 2. The first-order valence-corrected chi connectivity index (χ1v) is 6.70. The second kappa shape index (κ2) is 5.63. The van der Waals surface area contributed by atoms with Crippen molar-refractivity contribution < 1.29 is 4.79 Å². The van der Waals surface area contributed by atoms with Gasteiger partial charge in [0, 0.05) is 17.5 Å². The van der Waals surface area contributed by atoms with Gasteiger partial charge in [0.1, 0.15) is 0 Å². The summed E-state index contributed by atoms with van der Waals surface area (Å²) in [6.07, 6.45) is 1.81. The number of pyridine rings is 1. The highest BCUT2D eigenvalue weighted by atomic mass is 16.1. The number of nitrogens with one attached hydrogen (secondary N) is 1. The maximum absolute atomic E-state index is 11.2. The number of hydrogen-bond acceptors (Lipinski definition) is 3. The lowest BCUT2D eigenvalue weighted by molar-refractivity contribution is 0.1000. The van der Waals surface area contributed by atoms with Gasteiger partial charge in [-0.25, -0.2) is 0 Å². The van der Waals surface area contributed by atoms with E-state index in [2.05, 4.69) is 16.4 Å². The molecule has 0 aliphatic heterocycles. The molecule has 0 spiro atoms. The van der Waals surface area contributed by atoms with E-state index < -0.39 is 5.91 Å². The van der Waals surface area contributed by atoms with Gasteiger partial charge in [-0.3, -0.25) is 9.78 Å². The normalized spacial score (nSPS) is 10.5. The minimum atomic E-state index is -0.413. The number of aromatic nitrogens is 1. The van der Waals surface area contributed by atoms with Crippen LogP contribution in [0.4, 0.5) is 5.69 Å². The van der Waals surface area contributed by atoms with Crippen molar-refractivity contribution in [1.82, 2.24) is 4.98 Å². The quantitative estimate of drug-likeness (QED) is 0.770. The first-order chi connectivity index (χ1) is 10.2. The summed E-state index contributed by atoms with van der Waals surface area (Å²) in [5, 5.41) is 4.40. The lowest BCUT2D eigenvalue weighted by atomic mass is 10.1.